The van der Waals surface area contributed by atoms with E-state index in [0.29, 0.717) is 19.0 Å². The van der Waals surface area contributed by atoms with Crippen LogP contribution in [0.15, 0.2) is 41.7 Å². The van der Waals surface area contributed by atoms with Gasteiger partial charge >= 0.3 is 0 Å². The summed E-state index contributed by atoms with van der Waals surface area (Å²) in [7, 11) is 1.83. The maximum Gasteiger partial charge on any atom is 0.191 e. The molecule has 1 unspecified atom stereocenters. The van der Waals surface area contributed by atoms with Crippen LogP contribution in [0.2, 0.25) is 0 Å². The SMILES string of the molecule is CCNC(=NCc1cccc(C)c1)NCC(C)(O)c1cnn(C)c1.I. The minimum atomic E-state index is -1.02. The predicted molar refractivity (Wildman–Crippen MR) is 112 cm³/mol. The third-order valence-corrected chi connectivity index (χ3v) is 3.77. The predicted octanol–water partition coefficient (Wildman–Crippen LogP) is 2.31. The summed E-state index contributed by atoms with van der Waals surface area (Å²) < 4.78 is 1.68. The van der Waals surface area contributed by atoms with Crippen LogP contribution < -0.4 is 10.6 Å². The number of nitrogens with zero attached hydrogens (tertiary/aromatic N) is 3. The van der Waals surface area contributed by atoms with Crippen LogP contribution in [-0.2, 0) is 19.2 Å². The summed E-state index contributed by atoms with van der Waals surface area (Å²) >= 11 is 0. The van der Waals surface area contributed by atoms with E-state index in [9.17, 15) is 5.11 Å². The van der Waals surface area contributed by atoms with Gasteiger partial charge in [0, 0.05) is 25.4 Å². The number of halogens is 1. The molecule has 0 fully saturated rings. The Bertz CT molecular complexity index is 696. The molecule has 2 aromatic rings. The number of aliphatic hydroxyl groups is 1. The van der Waals surface area contributed by atoms with Crippen LogP contribution in [-0.4, -0.2) is 33.9 Å². The Morgan fingerprint density at radius 1 is 1.36 bits per heavy atom. The molecule has 0 aliphatic heterocycles. The van der Waals surface area contributed by atoms with Crippen molar-refractivity contribution in [2.45, 2.75) is 32.9 Å². The van der Waals surface area contributed by atoms with E-state index in [2.05, 4.69) is 45.8 Å². The number of benzene rings is 1. The molecule has 0 aliphatic rings. The van der Waals surface area contributed by atoms with Crippen LogP contribution in [0.5, 0.6) is 0 Å². The molecular formula is C18H28IN5O. The number of aromatic nitrogens is 2. The second-order valence-electron chi connectivity index (χ2n) is 6.21. The fourth-order valence-corrected chi connectivity index (χ4v) is 2.38. The van der Waals surface area contributed by atoms with Gasteiger partial charge in [0.1, 0.15) is 5.60 Å². The number of nitrogens with one attached hydrogen (secondary N) is 2. The van der Waals surface area contributed by atoms with Gasteiger partial charge in [0.15, 0.2) is 5.96 Å². The van der Waals surface area contributed by atoms with E-state index in [1.807, 2.05) is 26.2 Å². The topological polar surface area (TPSA) is 74.5 Å². The fourth-order valence-electron chi connectivity index (χ4n) is 2.38. The standard InChI is InChI=1S/C18H27N5O.HI/c1-5-19-17(20-10-15-8-6-7-14(2)9-15)21-13-18(3,24)16-11-22-23(4)12-16;/h6-9,11-12,24H,5,10,13H2,1-4H3,(H2,19,20,21);1H. The van der Waals surface area contributed by atoms with Gasteiger partial charge < -0.3 is 15.7 Å². The van der Waals surface area contributed by atoms with Gasteiger partial charge in [0.05, 0.1) is 19.3 Å². The molecule has 0 bridgehead atoms. The highest BCUT2D eigenvalue weighted by molar-refractivity contribution is 14.0. The first-order chi connectivity index (χ1) is 11.4. The third kappa shape index (κ3) is 6.66. The van der Waals surface area contributed by atoms with Crippen LogP contribution in [0.4, 0.5) is 0 Å². The summed E-state index contributed by atoms with van der Waals surface area (Å²) in [5.74, 6) is 0.683. The monoisotopic (exact) mass is 457 g/mol. The molecule has 1 heterocycles. The Morgan fingerprint density at radius 3 is 2.72 bits per heavy atom. The van der Waals surface area contributed by atoms with Crippen molar-refractivity contribution in [3.8, 4) is 0 Å². The number of guanidine groups is 1. The van der Waals surface area contributed by atoms with Crippen LogP contribution in [0.1, 0.15) is 30.5 Å². The Morgan fingerprint density at radius 2 is 2.12 bits per heavy atom. The van der Waals surface area contributed by atoms with Gasteiger partial charge in [0.25, 0.3) is 0 Å². The van der Waals surface area contributed by atoms with Crippen LogP contribution in [0.25, 0.3) is 0 Å². The number of aryl methyl sites for hydroxylation is 2. The third-order valence-electron chi connectivity index (χ3n) is 3.77. The quantitative estimate of drug-likeness (QED) is 0.354. The maximum absolute atomic E-state index is 10.6. The molecule has 7 heteroatoms. The van der Waals surface area contributed by atoms with E-state index >= 15 is 0 Å². The Balaban J connectivity index is 0.00000312. The lowest BCUT2D eigenvalue weighted by Gasteiger charge is -2.23. The molecule has 0 spiro atoms. The zero-order valence-electron chi connectivity index (χ0n) is 15.3. The average Bonchev–Trinajstić information content (AvgIpc) is 2.98. The lowest BCUT2D eigenvalue weighted by molar-refractivity contribution is 0.0616. The summed E-state index contributed by atoms with van der Waals surface area (Å²) in [4.78, 5) is 4.59. The smallest absolute Gasteiger partial charge is 0.191 e. The van der Waals surface area contributed by atoms with E-state index in [4.69, 9.17) is 0 Å². The summed E-state index contributed by atoms with van der Waals surface area (Å²) in [6.07, 6.45) is 3.50. The second kappa shape index (κ2) is 9.76. The lowest BCUT2D eigenvalue weighted by Crippen LogP contribution is -2.44. The minimum absolute atomic E-state index is 0. The molecule has 25 heavy (non-hydrogen) atoms. The van der Waals surface area contributed by atoms with Crippen molar-refractivity contribution in [3.05, 3.63) is 53.3 Å². The molecule has 0 saturated heterocycles. The van der Waals surface area contributed by atoms with Crippen LogP contribution in [0.3, 0.4) is 0 Å². The highest BCUT2D eigenvalue weighted by Crippen LogP contribution is 2.18. The van der Waals surface area contributed by atoms with Crippen molar-refractivity contribution >= 4 is 29.9 Å². The van der Waals surface area contributed by atoms with Crippen molar-refractivity contribution in [1.29, 1.82) is 0 Å². The Kier molecular flexibility index (Phi) is 8.37. The van der Waals surface area contributed by atoms with E-state index in [1.165, 1.54) is 5.56 Å². The molecule has 3 N–H and O–H groups in total. The van der Waals surface area contributed by atoms with Gasteiger partial charge in [-0.3, -0.25) is 4.68 Å². The van der Waals surface area contributed by atoms with Crippen molar-refractivity contribution in [1.82, 2.24) is 20.4 Å². The molecule has 1 aromatic heterocycles. The highest BCUT2D eigenvalue weighted by Gasteiger charge is 2.24. The van der Waals surface area contributed by atoms with E-state index in [1.54, 1.807) is 17.8 Å². The van der Waals surface area contributed by atoms with Crippen molar-refractivity contribution in [3.63, 3.8) is 0 Å². The van der Waals surface area contributed by atoms with Crippen LogP contribution >= 0.6 is 24.0 Å². The molecule has 1 atom stereocenters. The second-order valence-corrected chi connectivity index (χ2v) is 6.21. The van der Waals surface area contributed by atoms with Crippen molar-refractivity contribution < 1.29 is 5.11 Å². The van der Waals surface area contributed by atoms with Crippen molar-refractivity contribution in [2.24, 2.45) is 12.0 Å². The number of rotatable bonds is 6. The number of hydrogen-bond donors (Lipinski definition) is 3. The van der Waals surface area contributed by atoms with Gasteiger partial charge in [-0.25, -0.2) is 4.99 Å². The van der Waals surface area contributed by atoms with E-state index in [0.717, 1.165) is 17.7 Å². The van der Waals surface area contributed by atoms with Crippen LogP contribution in [0, 0.1) is 6.92 Å². The zero-order chi connectivity index (χ0) is 17.6. The molecule has 2 rings (SSSR count). The first-order valence-electron chi connectivity index (χ1n) is 8.20. The molecule has 0 radical (unpaired) electrons. The van der Waals surface area contributed by atoms with E-state index in [-0.39, 0.29) is 24.0 Å². The summed E-state index contributed by atoms with van der Waals surface area (Å²) in [5.41, 5.74) is 2.13. The molecule has 6 nitrogen and oxygen atoms in total. The van der Waals surface area contributed by atoms with Gasteiger partial charge in [-0.2, -0.15) is 5.10 Å². The maximum atomic E-state index is 10.6. The molecule has 0 saturated carbocycles. The average molecular weight is 457 g/mol. The molecular weight excluding hydrogens is 429 g/mol. The molecule has 0 amide bonds. The van der Waals surface area contributed by atoms with Gasteiger partial charge in [-0.1, -0.05) is 29.8 Å². The van der Waals surface area contributed by atoms with Gasteiger partial charge in [0.2, 0.25) is 0 Å². The largest absolute Gasteiger partial charge is 0.383 e. The molecule has 0 aliphatic carbocycles. The number of aliphatic imine (C=N–C) groups is 1. The van der Waals surface area contributed by atoms with Gasteiger partial charge in [-0.05, 0) is 26.3 Å². The summed E-state index contributed by atoms with van der Waals surface area (Å²) in [5, 5.41) is 21.2. The zero-order valence-corrected chi connectivity index (χ0v) is 17.6. The summed E-state index contributed by atoms with van der Waals surface area (Å²) in [6.45, 7) is 7.55. The Labute approximate surface area is 166 Å². The molecule has 138 valence electrons. The minimum Gasteiger partial charge on any atom is -0.383 e. The molecule has 1 aromatic carbocycles. The lowest BCUT2D eigenvalue weighted by atomic mass is 10.00. The normalized spacial score (nSPS) is 13.7. The Hall–Kier alpha value is -1.61. The fraction of sp³-hybridized carbons (Fsp3) is 0.444. The highest BCUT2D eigenvalue weighted by atomic mass is 127. The van der Waals surface area contributed by atoms with E-state index < -0.39 is 5.60 Å². The van der Waals surface area contributed by atoms with Crippen molar-refractivity contribution in [2.75, 3.05) is 13.1 Å². The first kappa shape index (κ1) is 21.4. The van der Waals surface area contributed by atoms with Gasteiger partial charge in [-0.15, -0.1) is 24.0 Å². The first-order valence-corrected chi connectivity index (χ1v) is 8.20. The number of hydrogen-bond acceptors (Lipinski definition) is 3. The summed E-state index contributed by atoms with van der Waals surface area (Å²) in [6, 6.07) is 8.29.